The molecule has 0 radical (unpaired) electrons. The Bertz CT molecular complexity index is 9400. The molecule has 27 aromatic rings. The van der Waals surface area contributed by atoms with Gasteiger partial charge in [0.2, 0.25) is 0 Å². The smallest absolute Gasteiger partial charge is 0.143 e. The molecule has 21 aromatic carbocycles. The first-order valence-electron chi connectivity index (χ1n) is 44.0. The summed E-state index contributed by atoms with van der Waals surface area (Å²) in [7, 11) is 0. The van der Waals surface area contributed by atoms with Gasteiger partial charge in [0.05, 0.1) is 16.8 Å². The molecule has 0 aliphatic heterocycles. The first-order valence-corrected chi connectivity index (χ1v) is 45.6. The van der Waals surface area contributed by atoms with E-state index < -0.39 is 5.41 Å². The lowest BCUT2D eigenvalue weighted by Crippen LogP contribution is -2.26. The molecule has 0 saturated heterocycles. The van der Waals surface area contributed by atoms with Crippen molar-refractivity contribution >= 4 is 217 Å². The molecule has 2 aliphatic carbocycles. The summed E-state index contributed by atoms with van der Waals surface area (Å²) in [6.45, 7) is 0. The number of nitrogens with zero attached hydrogens (tertiary/aromatic N) is 2. The molecule has 1 spiro atoms. The molecule has 6 nitrogen and oxygen atoms in total. The number of fused-ring (bicyclic) bond motifs is 33. The highest BCUT2D eigenvalue weighted by molar-refractivity contribution is 7.27. The Morgan fingerprint density at radius 3 is 1.07 bits per heavy atom. The van der Waals surface area contributed by atoms with Gasteiger partial charge in [-0.25, -0.2) is 0 Å². The van der Waals surface area contributed by atoms with Crippen LogP contribution in [0.25, 0.3) is 216 Å². The predicted molar refractivity (Wildman–Crippen MR) is 542 cm³/mol. The van der Waals surface area contributed by atoms with Crippen LogP contribution in [-0.2, 0) is 5.41 Å². The summed E-state index contributed by atoms with van der Waals surface area (Å²) in [5.41, 5.74) is 30.6. The van der Waals surface area contributed by atoms with E-state index in [1.165, 1.54) is 117 Å². The van der Waals surface area contributed by atoms with Gasteiger partial charge in [-0.1, -0.05) is 322 Å². The highest BCUT2D eigenvalue weighted by Crippen LogP contribution is 2.64. The Morgan fingerprint density at radius 1 is 0.194 bits per heavy atom. The Balaban J connectivity index is 0.000000131. The van der Waals surface area contributed by atoms with Crippen molar-refractivity contribution in [2.45, 2.75) is 5.41 Å². The van der Waals surface area contributed by atoms with Crippen LogP contribution in [0.2, 0.25) is 0 Å². The van der Waals surface area contributed by atoms with E-state index in [9.17, 15) is 0 Å². The second-order valence-electron chi connectivity index (χ2n) is 34.2. The van der Waals surface area contributed by atoms with Crippen molar-refractivity contribution in [1.82, 2.24) is 0 Å². The van der Waals surface area contributed by atoms with Gasteiger partial charge in [-0.2, -0.15) is 0 Å². The van der Waals surface area contributed by atoms with Crippen molar-refractivity contribution < 1.29 is 17.7 Å². The third-order valence-electron chi connectivity index (χ3n) is 27.5. The van der Waals surface area contributed by atoms with Crippen LogP contribution in [0, 0.1) is 0 Å². The summed E-state index contributed by atoms with van der Waals surface area (Å²) in [5, 5.41) is 21.3. The number of para-hydroxylation sites is 7. The second kappa shape index (κ2) is 27.8. The van der Waals surface area contributed by atoms with E-state index in [1.807, 2.05) is 53.0 Å². The fourth-order valence-electron chi connectivity index (χ4n) is 21.8. The lowest BCUT2D eigenvalue weighted by Gasteiger charge is -2.32. The van der Waals surface area contributed by atoms with Crippen LogP contribution in [0.5, 0.6) is 0 Å². The number of thiophene rings is 2. The van der Waals surface area contributed by atoms with E-state index in [0.717, 1.165) is 155 Å². The molecule has 2 aliphatic rings. The third kappa shape index (κ3) is 10.7. The first kappa shape index (κ1) is 72.0. The summed E-state index contributed by atoms with van der Waals surface area (Å²) >= 11 is 3.75. The van der Waals surface area contributed by atoms with E-state index >= 15 is 0 Å². The van der Waals surface area contributed by atoms with Gasteiger partial charge in [0, 0.05) is 134 Å². The van der Waals surface area contributed by atoms with Crippen molar-refractivity contribution in [2.75, 3.05) is 9.80 Å². The van der Waals surface area contributed by atoms with Crippen LogP contribution >= 0.6 is 22.7 Å². The van der Waals surface area contributed by atoms with Crippen molar-refractivity contribution in [3.05, 3.63) is 447 Å². The zero-order valence-electron chi connectivity index (χ0n) is 69.3. The molecular weight excluding hydrogens is 1610 g/mol. The van der Waals surface area contributed by atoms with E-state index in [-0.39, 0.29) is 0 Å². The molecule has 0 amide bonds. The third-order valence-corrected chi connectivity index (χ3v) is 29.9. The number of rotatable bonds is 9. The van der Waals surface area contributed by atoms with Gasteiger partial charge in [0.15, 0.2) is 0 Å². The number of hydrogen-bond acceptors (Lipinski definition) is 8. The van der Waals surface area contributed by atoms with Crippen LogP contribution in [0.1, 0.15) is 22.3 Å². The lowest BCUT2D eigenvalue weighted by atomic mass is 9.70. The number of anilines is 6. The Labute approximate surface area is 747 Å². The summed E-state index contributed by atoms with van der Waals surface area (Å²) in [6, 6.07) is 155. The molecule has 0 atom stereocenters. The topological polar surface area (TPSA) is 59.0 Å². The minimum Gasteiger partial charge on any atom is -0.456 e. The average molecular weight is 1680 g/mol. The molecule has 600 valence electrons. The van der Waals surface area contributed by atoms with Crippen LogP contribution in [0.15, 0.2) is 442 Å². The molecule has 0 saturated carbocycles. The van der Waals surface area contributed by atoms with Gasteiger partial charge in [-0.3, -0.25) is 0 Å². The average Bonchev–Trinajstić information content (AvgIpc) is 1.50. The van der Waals surface area contributed by atoms with Crippen LogP contribution in [0.4, 0.5) is 34.1 Å². The number of hydrogen-bond donors (Lipinski definition) is 0. The summed E-state index contributed by atoms with van der Waals surface area (Å²) in [4.78, 5) is 4.93. The van der Waals surface area contributed by atoms with E-state index in [4.69, 9.17) is 17.7 Å². The zero-order chi connectivity index (χ0) is 84.3. The summed E-state index contributed by atoms with van der Waals surface area (Å²) in [6.07, 6.45) is 0. The van der Waals surface area contributed by atoms with Gasteiger partial charge in [-0.05, 0) is 186 Å². The minimum absolute atomic E-state index is 0.479. The minimum atomic E-state index is -0.479. The van der Waals surface area contributed by atoms with Crippen molar-refractivity contribution in [3.63, 3.8) is 0 Å². The Hall–Kier alpha value is -16.4. The maximum Gasteiger partial charge on any atom is 0.143 e. The van der Waals surface area contributed by atoms with Crippen LogP contribution in [0.3, 0.4) is 0 Å². The van der Waals surface area contributed by atoms with Crippen molar-refractivity contribution in [3.8, 4) is 55.6 Å². The fourth-order valence-corrected chi connectivity index (χ4v) is 24.4. The summed E-state index contributed by atoms with van der Waals surface area (Å²) < 4.78 is 31.0. The van der Waals surface area contributed by atoms with E-state index in [0.29, 0.717) is 0 Å². The number of benzene rings is 21. The van der Waals surface area contributed by atoms with Gasteiger partial charge < -0.3 is 27.5 Å². The standard InChI is InChI=1S/C65H37NO2S.C56H33NO2S/c1-6-21-53-43(14-1)44-15-2-7-22-54(44)65(53)55-23-8-3-16-45(55)46-33-29-41(37-56(46)65)66(40-30-34-60-52(36-40)48-18-5-9-25-58(48)67-60)57-24-11-13-38-27-32-51-49-31-28-39(35-61(49)69-64(51)62(38)57)42-19-12-20-50-47-17-4-10-26-59(47)68-63(42)50;1-2-11-37-32-40(29-22-34(37)10-1)57(39-27-23-35(24-28-39)41-15-8-17-46-43-13-3-5-20-50(43)58-54(41)46)49-19-7-12-36-25-31-48-45-30-26-38(33-52(45)60-56(48)53(36)49)42-16-9-18-47-44-14-4-6-21-51(44)59-55(42)47/h1-37H;1-33H. The molecule has 29 rings (SSSR count). The summed E-state index contributed by atoms with van der Waals surface area (Å²) in [5.74, 6) is 0. The normalized spacial score (nSPS) is 12.7. The molecule has 6 aromatic heterocycles. The highest BCUT2D eigenvalue weighted by atomic mass is 32.1. The van der Waals surface area contributed by atoms with Crippen LogP contribution < -0.4 is 9.80 Å². The second-order valence-corrected chi connectivity index (χ2v) is 36.4. The quantitative estimate of drug-likeness (QED) is 0.144. The number of furan rings is 4. The monoisotopic (exact) mass is 1680 g/mol. The van der Waals surface area contributed by atoms with Gasteiger partial charge >= 0.3 is 0 Å². The largest absolute Gasteiger partial charge is 0.456 e. The predicted octanol–water partition coefficient (Wildman–Crippen LogP) is 35.5. The molecule has 6 heterocycles. The van der Waals surface area contributed by atoms with Gasteiger partial charge in [0.1, 0.15) is 44.7 Å². The molecule has 0 bridgehead atoms. The van der Waals surface area contributed by atoms with Crippen LogP contribution in [-0.4, -0.2) is 0 Å². The fraction of sp³-hybridized carbons (Fsp3) is 0.00826. The zero-order valence-corrected chi connectivity index (χ0v) is 70.9. The van der Waals surface area contributed by atoms with Gasteiger partial charge in [0.25, 0.3) is 0 Å². The molecule has 0 unspecified atom stereocenters. The highest BCUT2D eigenvalue weighted by Gasteiger charge is 2.52. The van der Waals surface area contributed by atoms with Crippen molar-refractivity contribution in [1.29, 1.82) is 0 Å². The molecule has 0 N–H and O–H groups in total. The lowest BCUT2D eigenvalue weighted by molar-refractivity contribution is 0.668. The SMILES string of the molecule is c1ccc2c(c1)-c1ccccc1C21c2ccccc2-c2ccc(N(c3ccc4oc5ccccc5c4c3)c3cccc4ccc5c6ccc(-c7cccc8c7oc7ccccc78)cc6sc5c34)cc21.c1ccc2cc(N(c3ccc(-c4cccc5c4oc4ccccc45)cc3)c3cccc4ccc5c6ccc(-c7cccc8c7oc7ccccc78)cc6sc5c34)ccc2c1. The molecule has 8 heteroatoms. The van der Waals surface area contributed by atoms with Gasteiger partial charge in [-0.15, -0.1) is 22.7 Å². The Morgan fingerprint density at radius 2 is 0.543 bits per heavy atom. The Kier molecular flexibility index (Phi) is 15.5. The first-order chi connectivity index (χ1) is 63.9. The maximum atomic E-state index is 6.54. The van der Waals surface area contributed by atoms with E-state index in [1.54, 1.807) is 0 Å². The molecular formula is C121H70N2O4S2. The van der Waals surface area contributed by atoms with E-state index in [2.05, 4.69) is 404 Å². The molecule has 0 fully saturated rings. The molecule has 129 heavy (non-hydrogen) atoms. The maximum absolute atomic E-state index is 6.54. The van der Waals surface area contributed by atoms with Crippen molar-refractivity contribution in [2.24, 2.45) is 0 Å².